The number of likely N-dealkylation sites (N-methyl/N-ethyl adjacent to an activating group) is 2. The fraction of sp³-hybridized carbons (Fsp3) is 0.500. The lowest BCUT2D eigenvalue weighted by atomic mass is 10.1. The first-order valence-corrected chi connectivity index (χ1v) is 5.27. The zero-order chi connectivity index (χ0) is 11.3. The highest BCUT2D eigenvalue weighted by Gasteiger charge is 2.11. The van der Waals surface area contributed by atoms with Crippen molar-refractivity contribution in [3.8, 4) is 0 Å². The molecule has 0 heterocycles. The second kappa shape index (κ2) is 5.83. The molecule has 1 atom stereocenters. The standard InChI is InChI=1S/C12H19FN2/c1-4-14-12(9-15(2)3)10-6-5-7-11(13)8-10/h5-8,12,14H,4,9H2,1-3H3. The number of nitrogens with zero attached hydrogens (tertiary/aromatic N) is 1. The molecule has 1 aromatic carbocycles. The molecule has 0 bridgehead atoms. The van der Waals surface area contributed by atoms with Crippen molar-refractivity contribution in [2.45, 2.75) is 13.0 Å². The van der Waals surface area contributed by atoms with E-state index in [0.717, 1.165) is 18.7 Å². The topological polar surface area (TPSA) is 15.3 Å². The van der Waals surface area contributed by atoms with Crippen LogP contribution in [-0.4, -0.2) is 32.1 Å². The van der Waals surface area contributed by atoms with Crippen LogP contribution in [0.5, 0.6) is 0 Å². The van der Waals surface area contributed by atoms with Gasteiger partial charge in [-0.15, -0.1) is 0 Å². The van der Waals surface area contributed by atoms with E-state index in [0.29, 0.717) is 0 Å². The van der Waals surface area contributed by atoms with Crippen LogP contribution in [0.3, 0.4) is 0 Å². The van der Waals surface area contributed by atoms with Crippen molar-refractivity contribution in [1.29, 1.82) is 0 Å². The maximum atomic E-state index is 13.1. The van der Waals surface area contributed by atoms with E-state index >= 15 is 0 Å². The van der Waals surface area contributed by atoms with Crippen molar-refractivity contribution in [2.75, 3.05) is 27.2 Å². The van der Waals surface area contributed by atoms with Gasteiger partial charge in [0.15, 0.2) is 0 Å². The van der Waals surface area contributed by atoms with E-state index in [1.54, 1.807) is 12.1 Å². The molecule has 0 aliphatic heterocycles. The van der Waals surface area contributed by atoms with Crippen LogP contribution in [0.2, 0.25) is 0 Å². The van der Waals surface area contributed by atoms with Crippen molar-refractivity contribution in [2.24, 2.45) is 0 Å². The summed E-state index contributed by atoms with van der Waals surface area (Å²) in [6.45, 7) is 3.81. The summed E-state index contributed by atoms with van der Waals surface area (Å²) >= 11 is 0. The smallest absolute Gasteiger partial charge is 0.123 e. The molecule has 1 unspecified atom stereocenters. The normalized spacial score (nSPS) is 13.1. The predicted octanol–water partition coefficient (Wildman–Crippen LogP) is 2.04. The Balaban J connectivity index is 2.78. The summed E-state index contributed by atoms with van der Waals surface area (Å²) in [4.78, 5) is 2.10. The van der Waals surface area contributed by atoms with Crippen LogP contribution in [0.1, 0.15) is 18.5 Å². The van der Waals surface area contributed by atoms with Gasteiger partial charge in [-0.2, -0.15) is 0 Å². The van der Waals surface area contributed by atoms with Crippen molar-refractivity contribution < 1.29 is 4.39 Å². The molecule has 0 saturated carbocycles. The molecule has 2 nitrogen and oxygen atoms in total. The number of nitrogens with one attached hydrogen (secondary N) is 1. The highest BCUT2D eigenvalue weighted by molar-refractivity contribution is 5.20. The van der Waals surface area contributed by atoms with Gasteiger partial charge in [-0.1, -0.05) is 19.1 Å². The Morgan fingerprint density at radius 1 is 1.40 bits per heavy atom. The molecule has 0 saturated heterocycles. The van der Waals surface area contributed by atoms with Crippen molar-refractivity contribution in [3.63, 3.8) is 0 Å². The number of hydrogen-bond acceptors (Lipinski definition) is 2. The van der Waals surface area contributed by atoms with Gasteiger partial charge in [0.2, 0.25) is 0 Å². The van der Waals surface area contributed by atoms with E-state index in [2.05, 4.69) is 17.1 Å². The Morgan fingerprint density at radius 3 is 2.67 bits per heavy atom. The van der Waals surface area contributed by atoms with Crippen LogP contribution >= 0.6 is 0 Å². The molecular formula is C12H19FN2. The van der Waals surface area contributed by atoms with E-state index in [-0.39, 0.29) is 11.9 Å². The summed E-state index contributed by atoms with van der Waals surface area (Å²) in [5, 5.41) is 3.35. The Morgan fingerprint density at radius 2 is 2.13 bits per heavy atom. The first-order valence-electron chi connectivity index (χ1n) is 5.27. The Labute approximate surface area is 91.1 Å². The average molecular weight is 210 g/mol. The fourth-order valence-corrected chi connectivity index (χ4v) is 1.62. The number of hydrogen-bond donors (Lipinski definition) is 1. The van der Waals surface area contributed by atoms with Gasteiger partial charge in [0.05, 0.1) is 0 Å². The molecule has 15 heavy (non-hydrogen) atoms. The van der Waals surface area contributed by atoms with Gasteiger partial charge in [-0.25, -0.2) is 4.39 Å². The predicted molar refractivity (Wildman–Crippen MR) is 61.4 cm³/mol. The molecule has 0 aromatic heterocycles. The lowest BCUT2D eigenvalue weighted by Gasteiger charge is -2.22. The maximum Gasteiger partial charge on any atom is 0.123 e. The van der Waals surface area contributed by atoms with Gasteiger partial charge in [-0.05, 0) is 38.3 Å². The zero-order valence-electron chi connectivity index (χ0n) is 9.63. The zero-order valence-corrected chi connectivity index (χ0v) is 9.63. The minimum Gasteiger partial charge on any atom is -0.309 e. The molecule has 3 heteroatoms. The van der Waals surface area contributed by atoms with Crippen LogP contribution < -0.4 is 5.32 Å². The summed E-state index contributed by atoms with van der Waals surface area (Å²) in [6.07, 6.45) is 0. The second-order valence-electron chi connectivity index (χ2n) is 3.93. The third-order valence-corrected chi connectivity index (χ3v) is 2.25. The van der Waals surface area contributed by atoms with Crippen molar-refractivity contribution in [1.82, 2.24) is 10.2 Å². The summed E-state index contributed by atoms with van der Waals surface area (Å²) < 4.78 is 13.1. The summed E-state index contributed by atoms with van der Waals surface area (Å²) in [7, 11) is 4.03. The van der Waals surface area contributed by atoms with Crippen LogP contribution in [0.4, 0.5) is 4.39 Å². The van der Waals surface area contributed by atoms with Gasteiger partial charge >= 0.3 is 0 Å². The summed E-state index contributed by atoms with van der Waals surface area (Å²) in [5.41, 5.74) is 1.01. The van der Waals surface area contributed by atoms with Crippen molar-refractivity contribution in [3.05, 3.63) is 35.6 Å². The van der Waals surface area contributed by atoms with Gasteiger partial charge in [0.25, 0.3) is 0 Å². The van der Waals surface area contributed by atoms with Crippen LogP contribution in [0, 0.1) is 5.82 Å². The minimum absolute atomic E-state index is 0.172. The second-order valence-corrected chi connectivity index (χ2v) is 3.93. The lowest BCUT2D eigenvalue weighted by Crippen LogP contribution is -2.31. The molecular weight excluding hydrogens is 191 g/mol. The number of halogens is 1. The lowest BCUT2D eigenvalue weighted by molar-refractivity contribution is 0.344. The molecule has 0 radical (unpaired) electrons. The van der Waals surface area contributed by atoms with Gasteiger partial charge < -0.3 is 10.2 Å². The number of benzene rings is 1. The molecule has 0 fully saturated rings. The number of rotatable bonds is 5. The molecule has 0 spiro atoms. The van der Waals surface area contributed by atoms with E-state index < -0.39 is 0 Å². The maximum absolute atomic E-state index is 13.1. The van der Waals surface area contributed by atoms with Gasteiger partial charge in [-0.3, -0.25) is 0 Å². The molecule has 0 aliphatic rings. The Bertz CT molecular complexity index is 299. The van der Waals surface area contributed by atoms with E-state index in [9.17, 15) is 4.39 Å². The van der Waals surface area contributed by atoms with Gasteiger partial charge in [0, 0.05) is 12.6 Å². The summed E-state index contributed by atoms with van der Waals surface area (Å²) in [5.74, 6) is -0.172. The Kier molecular flexibility index (Phi) is 4.72. The molecule has 0 amide bonds. The largest absolute Gasteiger partial charge is 0.309 e. The highest BCUT2D eigenvalue weighted by Crippen LogP contribution is 2.14. The molecule has 1 aromatic rings. The van der Waals surface area contributed by atoms with Crippen LogP contribution in [0.25, 0.3) is 0 Å². The van der Waals surface area contributed by atoms with E-state index in [1.165, 1.54) is 6.07 Å². The fourth-order valence-electron chi connectivity index (χ4n) is 1.62. The minimum atomic E-state index is -0.172. The van der Waals surface area contributed by atoms with Gasteiger partial charge in [0.1, 0.15) is 5.82 Å². The van der Waals surface area contributed by atoms with Crippen LogP contribution in [0.15, 0.2) is 24.3 Å². The molecule has 84 valence electrons. The molecule has 1 rings (SSSR count). The molecule has 1 N–H and O–H groups in total. The van der Waals surface area contributed by atoms with E-state index in [4.69, 9.17) is 0 Å². The average Bonchev–Trinajstić information content (AvgIpc) is 2.16. The first-order chi connectivity index (χ1) is 7.13. The third-order valence-electron chi connectivity index (χ3n) is 2.25. The van der Waals surface area contributed by atoms with Crippen LogP contribution in [-0.2, 0) is 0 Å². The molecule has 0 aliphatic carbocycles. The quantitative estimate of drug-likeness (QED) is 0.800. The highest BCUT2D eigenvalue weighted by atomic mass is 19.1. The SMILES string of the molecule is CCNC(CN(C)C)c1cccc(F)c1. The van der Waals surface area contributed by atoms with E-state index in [1.807, 2.05) is 20.2 Å². The summed E-state index contributed by atoms with van der Waals surface area (Å²) in [6, 6.07) is 6.98. The monoisotopic (exact) mass is 210 g/mol. The van der Waals surface area contributed by atoms with Crippen molar-refractivity contribution >= 4 is 0 Å². The first kappa shape index (κ1) is 12.1. The Hall–Kier alpha value is -0.930. The third kappa shape index (κ3) is 3.98.